The molecule has 9 heteroatoms. The minimum atomic E-state index is -1.17. The van der Waals surface area contributed by atoms with Crippen molar-refractivity contribution in [1.82, 2.24) is 15.5 Å². The predicted octanol–water partition coefficient (Wildman–Crippen LogP) is -0.0779. The molecule has 1 aromatic rings. The van der Waals surface area contributed by atoms with Gasteiger partial charge in [0.25, 0.3) is 0 Å². The summed E-state index contributed by atoms with van der Waals surface area (Å²) in [5, 5.41) is 25.8. The minimum absolute atomic E-state index is 0.00173. The second kappa shape index (κ2) is 10.1. The van der Waals surface area contributed by atoms with Crippen molar-refractivity contribution in [2.45, 2.75) is 50.7 Å². The van der Waals surface area contributed by atoms with Crippen LogP contribution in [0.25, 0.3) is 0 Å². The lowest BCUT2D eigenvalue weighted by Crippen LogP contribution is -2.49. The Labute approximate surface area is 177 Å². The molecule has 0 aliphatic carbocycles. The van der Waals surface area contributed by atoms with Crippen molar-refractivity contribution in [3.8, 4) is 0 Å². The first-order valence-electron chi connectivity index (χ1n) is 10.5. The zero-order valence-electron chi connectivity index (χ0n) is 17.5. The van der Waals surface area contributed by atoms with E-state index in [-0.39, 0.29) is 30.9 Å². The fraction of sp³-hybridized carbons (Fsp3) is 0.619. The van der Waals surface area contributed by atoms with Crippen molar-refractivity contribution in [1.29, 1.82) is 0 Å². The number of carbonyl (C=O) groups is 2. The van der Waals surface area contributed by atoms with Gasteiger partial charge in [-0.25, -0.2) is 4.79 Å². The summed E-state index contributed by atoms with van der Waals surface area (Å²) in [4.78, 5) is 28.4. The molecule has 4 atom stereocenters. The average Bonchev–Trinajstić information content (AvgIpc) is 3.00. The van der Waals surface area contributed by atoms with Gasteiger partial charge in [0, 0.05) is 44.5 Å². The summed E-state index contributed by atoms with van der Waals surface area (Å²) < 4.78 is 5.69. The Morgan fingerprint density at radius 1 is 1.07 bits per heavy atom. The summed E-state index contributed by atoms with van der Waals surface area (Å²) in [6, 6.07) is 9.69. The number of piperazine rings is 1. The predicted molar refractivity (Wildman–Crippen MR) is 112 cm³/mol. The van der Waals surface area contributed by atoms with Crippen molar-refractivity contribution in [2.75, 3.05) is 37.6 Å². The summed E-state index contributed by atoms with van der Waals surface area (Å²) in [7, 11) is 0. The Bertz CT molecular complexity index is 709. The second-order valence-electron chi connectivity index (χ2n) is 8.11. The largest absolute Gasteiger partial charge is 0.388 e. The maximum absolute atomic E-state index is 12.7. The number of rotatable bonds is 6. The highest BCUT2D eigenvalue weighted by Gasteiger charge is 2.44. The first-order chi connectivity index (χ1) is 14.3. The van der Waals surface area contributed by atoms with Crippen molar-refractivity contribution in [3.63, 3.8) is 0 Å². The van der Waals surface area contributed by atoms with Crippen molar-refractivity contribution >= 4 is 17.6 Å². The van der Waals surface area contributed by atoms with Gasteiger partial charge >= 0.3 is 6.03 Å². The van der Waals surface area contributed by atoms with E-state index < -0.39 is 24.4 Å². The molecule has 2 fully saturated rings. The van der Waals surface area contributed by atoms with Crippen molar-refractivity contribution < 1.29 is 24.5 Å². The van der Waals surface area contributed by atoms with E-state index in [4.69, 9.17) is 4.74 Å². The van der Waals surface area contributed by atoms with Gasteiger partial charge in [-0.15, -0.1) is 0 Å². The molecule has 166 valence electrons. The highest BCUT2D eigenvalue weighted by molar-refractivity contribution is 5.77. The molecule has 2 saturated heterocycles. The van der Waals surface area contributed by atoms with Crippen LogP contribution in [0, 0.1) is 0 Å². The number of urea groups is 1. The molecule has 2 aliphatic rings. The minimum Gasteiger partial charge on any atom is -0.388 e. The van der Waals surface area contributed by atoms with Crippen LogP contribution in [0.4, 0.5) is 10.5 Å². The zero-order valence-corrected chi connectivity index (χ0v) is 17.5. The summed E-state index contributed by atoms with van der Waals surface area (Å²) in [5.74, 6) is -0.106. The molecule has 0 aromatic heterocycles. The van der Waals surface area contributed by atoms with E-state index in [0.717, 1.165) is 18.8 Å². The van der Waals surface area contributed by atoms with E-state index in [1.54, 1.807) is 4.90 Å². The third-order valence-electron chi connectivity index (χ3n) is 5.47. The number of carbonyl (C=O) groups excluding carboxylic acids is 2. The molecular weight excluding hydrogens is 388 g/mol. The summed E-state index contributed by atoms with van der Waals surface area (Å²) in [6.45, 7) is 6.40. The van der Waals surface area contributed by atoms with Gasteiger partial charge in [0.2, 0.25) is 5.91 Å². The lowest BCUT2D eigenvalue weighted by molar-refractivity contribution is -0.135. The number of amides is 3. The Morgan fingerprint density at radius 3 is 2.33 bits per heavy atom. The fourth-order valence-corrected chi connectivity index (χ4v) is 3.82. The molecule has 0 radical (unpaired) electrons. The van der Waals surface area contributed by atoms with Crippen molar-refractivity contribution in [3.05, 3.63) is 30.3 Å². The van der Waals surface area contributed by atoms with Gasteiger partial charge in [0.1, 0.15) is 18.3 Å². The SMILES string of the molecule is CC(C)NC(=O)NC[C@H]1O[C@@H](CC(=O)N2CCN(c3ccccc3)CC2)[C@H](O)[C@@H]1O. The molecule has 2 aliphatic heterocycles. The van der Waals surface area contributed by atoms with Crippen molar-refractivity contribution in [2.24, 2.45) is 0 Å². The summed E-state index contributed by atoms with van der Waals surface area (Å²) in [6.07, 6.45) is -3.88. The molecule has 0 saturated carbocycles. The number of hydrogen-bond acceptors (Lipinski definition) is 6. The number of benzene rings is 1. The number of hydrogen-bond donors (Lipinski definition) is 4. The number of nitrogens with zero attached hydrogens (tertiary/aromatic N) is 2. The zero-order chi connectivity index (χ0) is 21.7. The Morgan fingerprint density at radius 2 is 1.70 bits per heavy atom. The lowest BCUT2D eigenvalue weighted by atomic mass is 10.0. The third-order valence-corrected chi connectivity index (χ3v) is 5.47. The van der Waals surface area contributed by atoms with Crippen LogP contribution in [-0.4, -0.2) is 90.2 Å². The van der Waals surface area contributed by atoms with Gasteiger partial charge < -0.3 is 35.4 Å². The molecule has 1 aromatic carbocycles. The molecule has 9 nitrogen and oxygen atoms in total. The highest BCUT2D eigenvalue weighted by atomic mass is 16.5. The maximum atomic E-state index is 12.7. The average molecular weight is 421 g/mol. The maximum Gasteiger partial charge on any atom is 0.315 e. The third kappa shape index (κ3) is 5.62. The molecule has 3 rings (SSSR count). The van der Waals surface area contributed by atoms with Crippen LogP contribution < -0.4 is 15.5 Å². The fourth-order valence-electron chi connectivity index (χ4n) is 3.82. The monoisotopic (exact) mass is 420 g/mol. The van der Waals surface area contributed by atoms with Crippen LogP contribution >= 0.6 is 0 Å². The Kier molecular flexibility index (Phi) is 7.52. The Hall–Kier alpha value is -2.36. The van der Waals surface area contributed by atoms with Crippen LogP contribution in [-0.2, 0) is 9.53 Å². The summed E-state index contributed by atoms with van der Waals surface area (Å²) in [5.41, 5.74) is 1.14. The van der Waals surface area contributed by atoms with Gasteiger partial charge in [0.15, 0.2) is 0 Å². The first-order valence-corrected chi connectivity index (χ1v) is 10.5. The van der Waals surface area contributed by atoms with E-state index in [0.29, 0.717) is 13.1 Å². The topological polar surface area (TPSA) is 114 Å². The van der Waals surface area contributed by atoms with Crippen LogP contribution in [0.3, 0.4) is 0 Å². The van der Waals surface area contributed by atoms with Gasteiger partial charge in [-0.1, -0.05) is 18.2 Å². The number of anilines is 1. The second-order valence-corrected chi connectivity index (χ2v) is 8.11. The Balaban J connectivity index is 1.45. The van der Waals surface area contributed by atoms with Gasteiger partial charge in [-0.3, -0.25) is 4.79 Å². The molecule has 0 spiro atoms. The molecule has 0 bridgehead atoms. The molecule has 2 heterocycles. The molecule has 30 heavy (non-hydrogen) atoms. The number of ether oxygens (including phenoxy) is 1. The quantitative estimate of drug-likeness (QED) is 0.512. The van der Waals surface area contributed by atoms with E-state index >= 15 is 0 Å². The molecule has 3 amide bonds. The standard InChI is InChI=1S/C21H32N4O5/c1-14(2)23-21(29)22-13-17-20(28)19(27)16(30-17)12-18(26)25-10-8-24(9-11-25)15-6-4-3-5-7-15/h3-7,14,16-17,19-20,27-28H,8-13H2,1-2H3,(H2,22,23,29)/t16-,17+,19-,20+/m0/s1. The van der Waals surface area contributed by atoms with Crippen LogP contribution in [0.2, 0.25) is 0 Å². The molecule has 0 unspecified atom stereocenters. The van der Waals surface area contributed by atoms with E-state index in [2.05, 4.69) is 27.7 Å². The van der Waals surface area contributed by atoms with E-state index in [9.17, 15) is 19.8 Å². The smallest absolute Gasteiger partial charge is 0.315 e. The normalized spacial score (nSPS) is 26.7. The van der Waals surface area contributed by atoms with Crippen LogP contribution in [0.1, 0.15) is 20.3 Å². The van der Waals surface area contributed by atoms with Gasteiger partial charge in [-0.2, -0.15) is 0 Å². The van der Waals surface area contributed by atoms with Crippen LogP contribution in [0.5, 0.6) is 0 Å². The van der Waals surface area contributed by atoms with Crippen LogP contribution in [0.15, 0.2) is 30.3 Å². The first kappa shape index (κ1) is 22.3. The van der Waals surface area contributed by atoms with Gasteiger partial charge in [0.05, 0.1) is 12.5 Å². The number of para-hydroxylation sites is 1. The lowest BCUT2D eigenvalue weighted by Gasteiger charge is -2.36. The summed E-state index contributed by atoms with van der Waals surface area (Å²) >= 11 is 0. The van der Waals surface area contributed by atoms with Gasteiger partial charge in [-0.05, 0) is 26.0 Å². The molecule has 4 N–H and O–H groups in total. The van der Waals surface area contributed by atoms with E-state index in [1.165, 1.54) is 0 Å². The number of aliphatic hydroxyl groups excluding tert-OH is 2. The van der Waals surface area contributed by atoms with E-state index in [1.807, 2.05) is 32.0 Å². The molecular formula is C21H32N4O5. The number of aliphatic hydroxyl groups is 2. The number of nitrogens with one attached hydrogen (secondary N) is 2. The highest BCUT2D eigenvalue weighted by Crippen LogP contribution is 2.24.